The Morgan fingerprint density at radius 1 is 1.14 bits per heavy atom. The van der Waals surface area contributed by atoms with Crippen LogP contribution in [0, 0.1) is 19.8 Å². The molecule has 28 heavy (non-hydrogen) atoms. The highest BCUT2D eigenvalue weighted by Crippen LogP contribution is 2.27. The van der Waals surface area contributed by atoms with E-state index in [1.54, 1.807) is 11.6 Å². The Morgan fingerprint density at radius 2 is 1.93 bits per heavy atom. The molecule has 1 aliphatic carbocycles. The maximum absolute atomic E-state index is 12.6. The molecule has 1 aliphatic rings. The third-order valence-electron chi connectivity index (χ3n) is 5.50. The van der Waals surface area contributed by atoms with Crippen LogP contribution in [0.15, 0.2) is 30.5 Å². The Labute approximate surface area is 164 Å². The number of carbonyl (C=O) groups excluding carboxylic acids is 1. The van der Waals surface area contributed by atoms with E-state index < -0.39 is 0 Å². The number of nitrogens with one attached hydrogen (secondary N) is 1. The maximum atomic E-state index is 12.6. The van der Waals surface area contributed by atoms with Crippen molar-refractivity contribution in [2.45, 2.75) is 45.6 Å². The van der Waals surface area contributed by atoms with Gasteiger partial charge in [0, 0.05) is 24.3 Å². The standard InChI is InChI=1S/C21H25N5O2/c1-13-14(2)25-26-12-19(24-21(26)22-13)15-7-9-17(10-8-15)23-20(27)16-5-4-6-18(11-16)28-3/h7-10,12,16,18H,4-6,11H2,1-3H3,(H,23,27). The smallest absolute Gasteiger partial charge is 0.251 e. The van der Waals surface area contributed by atoms with Crippen molar-refractivity contribution < 1.29 is 9.53 Å². The number of nitrogens with zero attached hydrogens (tertiary/aromatic N) is 4. The minimum atomic E-state index is 0.0143. The van der Waals surface area contributed by atoms with Crippen molar-refractivity contribution in [2.75, 3.05) is 12.4 Å². The number of benzene rings is 1. The number of rotatable bonds is 4. The second-order valence-electron chi connectivity index (χ2n) is 7.44. The normalized spacial score (nSPS) is 19.7. The average molecular weight is 379 g/mol. The first-order chi connectivity index (χ1) is 13.5. The number of hydrogen-bond donors (Lipinski definition) is 1. The largest absolute Gasteiger partial charge is 0.381 e. The monoisotopic (exact) mass is 379 g/mol. The van der Waals surface area contributed by atoms with Crippen LogP contribution in [0.3, 0.4) is 0 Å². The lowest BCUT2D eigenvalue weighted by Gasteiger charge is -2.27. The van der Waals surface area contributed by atoms with E-state index in [9.17, 15) is 4.79 Å². The molecule has 0 spiro atoms. The van der Waals surface area contributed by atoms with Gasteiger partial charge in [-0.15, -0.1) is 0 Å². The number of hydrogen-bond acceptors (Lipinski definition) is 5. The predicted octanol–water partition coefficient (Wildman–Crippen LogP) is 3.55. The third kappa shape index (κ3) is 3.75. The van der Waals surface area contributed by atoms with E-state index in [4.69, 9.17) is 4.74 Å². The number of aryl methyl sites for hydroxylation is 2. The van der Waals surface area contributed by atoms with Gasteiger partial charge < -0.3 is 10.1 Å². The minimum Gasteiger partial charge on any atom is -0.381 e. The maximum Gasteiger partial charge on any atom is 0.251 e. The van der Waals surface area contributed by atoms with Crippen LogP contribution in [0.25, 0.3) is 17.0 Å². The predicted molar refractivity (Wildman–Crippen MR) is 107 cm³/mol. The number of carbonyl (C=O) groups is 1. The summed E-state index contributed by atoms with van der Waals surface area (Å²) in [6.45, 7) is 3.86. The second-order valence-corrected chi connectivity index (χ2v) is 7.44. The summed E-state index contributed by atoms with van der Waals surface area (Å²) in [4.78, 5) is 21.6. The molecule has 146 valence electrons. The molecule has 2 unspecified atom stereocenters. The molecule has 2 heterocycles. The van der Waals surface area contributed by atoms with Crippen molar-refractivity contribution in [1.29, 1.82) is 0 Å². The summed E-state index contributed by atoms with van der Waals surface area (Å²) < 4.78 is 7.12. The Bertz CT molecular complexity index is 957. The van der Waals surface area contributed by atoms with Gasteiger partial charge >= 0.3 is 0 Å². The average Bonchev–Trinajstić information content (AvgIpc) is 3.11. The fourth-order valence-electron chi connectivity index (χ4n) is 3.68. The second kappa shape index (κ2) is 7.67. The lowest BCUT2D eigenvalue weighted by Crippen LogP contribution is -2.30. The molecular weight excluding hydrogens is 354 g/mol. The summed E-state index contributed by atoms with van der Waals surface area (Å²) in [6.07, 6.45) is 5.84. The molecule has 7 heteroatoms. The lowest BCUT2D eigenvalue weighted by molar-refractivity contribution is -0.122. The van der Waals surface area contributed by atoms with Crippen molar-refractivity contribution in [3.8, 4) is 11.3 Å². The highest BCUT2D eigenvalue weighted by molar-refractivity contribution is 5.92. The quantitative estimate of drug-likeness (QED) is 0.750. The zero-order chi connectivity index (χ0) is 19.7. The molecule has 4 rings (SSSR count). The first-order valence-electron chi connectivity index (χ1n) is 9.68. The Hall–Kier alpha value is -2.80. The van der Waals surface area contributed by atoms with Gasteiger partial charge in [-0.3, -0.25) is 4.79 Å². The SMILES string of the molecule is COC1CCCC(C(=O)Nc2ccc(-c3cn4nc(C)c(C)nc4n3)cc2)C1. The molecule has 1 fully saturated rings. The molecule has 2 atom stereocenters. The molecule has 1 aromatic carbocycles. The lowest BCUT2D eigenvalue weighted by atomic mass is 9.86. The van der Waals surface area contributed by atoms with Crippen LogP contribution in [0.4, 0.5) is 5.69 Å². The first-order valence-corrected chi connectivity index (χ1v) is 9.68. The summed E-state index contributed by atoms with van der Waals surface area (Å²) in [5.41, 5.74) is 4.31. The van der Waals surface area contributed by atoms with E-state index in [2.05, 4.69) is 20.4 Å². The van der Waals surface area contributed by atoms with Gasteiger partial charge in [-0.25, -0.2) is 14.5 Å². The van der Waals surface area contributed by atoms with Crippen LogP contribution in [0.5, 0.6) is 0 Å². The van der Waals surface area contributed by atoms with Gasteiger partial charge in [0.05, 0.1) is 29.4 Å². The zero-order valence-electron chi connectivity index (χ0n) is 16.5. The molecule has 0 radical (unpaired) electrons. The molecule has 2 aromatic heterocycles. The number of ether oxygens (including phenoxy) is 1. The number of imidazole rings is 1. The Morgan fingerprint density at radius 3 is 2.68 bits per heavy atom. The van der Waals surface area contributed by atoms with Gasteiger partial charge in [-0.2, -0.15) is 5.10 Å². The van der Waals surface area contributed by atoms with Crippen molar-refractivity contribution in [2.24, 2.45) is 5.92 Å². The Kier molecular flexibility index (Phi) is 5.09. The van der Waals surface area contributed by atoms with E-state index >= 15 is 0 Å². The fourth-order valence-corrected chi connectivity index (χ4v) is 3.68. The van der Waals surface area contributed by atoms with Crippen LogP contribution in [0.2, 0.25) is 0 Å². The third-order valence-corrected chi connectivity index (χ3v) is 5.50. The van der Waals surface area contributed by atoms with Crippen LogP contribution in [0.1, 0.15) is 37.1 Å². The van der Waals surface area contributed by atoms with Gasteiger partial charge in [0.15, 0.2) is 0 Å². The van der Waals surface area contributed by atoms with Crippen molar-refractivity contribution >= 4 is 17.4 Å². The Balaban J connectivity index is 1.47. The van der Waals surface area contributed by atoms with Gasteiger partial charge in [0.2, 0.25) is 5.91 Å². The molecule has 0 bridgehead atoms. The highest BCUT2D eigenvalue weighted by Gasteiger charge is 2.27. The van der Waals surface area contributed by atoms with Crippen LogP contribution in [-0.4, -0.2) is 38.7 Å². The number of methoxy groups -OCH3 is 1. The molecule has 0 saturated heterocycles. The van der Waals surface area contributed by atoms with Crippen molar-refractivity contribution in [3.05, 3.63) is 41.9 Å². The summed E-state index contributed by atoms with van der Waals surface area (Å²) in [5, 5.41) is 7.50. The summed E-state index contributed by atoms with van der Waals surface area (Å²) in [6, 6.07) is 7.72. The van der Waals surface area contributed by atoms with Gasteiger partial charge in [0.1, 0.15) is 0 Å². The first kappa shape index (κ1) is 18.6. The van der Waals surface area contributed by atoms with E-state index in [1.165, 1.54) is 0 Å². The van der Waals surface area contributed by atoms with Gasteiger partial charge in [0.25, 0.3) is 5.78 Å². The molecule has 7 nitrogen and oxygen atoms in total. The number of aromatic nitrogens is 4. The van der Waals surface area contributed by atoms with Gasteiger partial charge in [-0.1, -0.05) is 18.6 Å². The summed E-state index contributed by atoms with van der Waals surface area (Å²) in [5.74, 6) is 0.669. The van der Waals surface area contributed by atoms with E-state index in [0.717, 1.165) is 54.0 Å². The molecule has 3 aromatic rings. The minimum absolute atomic E-state index is 0.0143. The molecular formula is C21H25N5O2. The fraction of sp³-hybridized carbons (Fsp3) is 0.429. The highest BCUT2D eigenvalue weighted by atomic mass is 16.5. The molecule has 1 N–H and O–H groups in total. The van der Waals surface area contributed by atoms with Crippen LogP contribution >= 0.6 is 0 Å². The van der Waals surface area contributed by atoms with Crippen LogP contribution < -0.4 is 5.32 Å². The number of anilines is 1. The topological polar surface area (TPSA) is 81.4 Å². The van der Waals surface area contributed by atoms with E-state index in [-0.39, 0.29) is 17.9 Å². The van der Waals surface area contributed by atoms with Crippen LogP contribution in [-0.2, 0) is 9.53 Å². The van der Waals surface area contributed by atoms with Crippen molar-refractivity contribution in [1.82, 2.24) is 19.6 Å². The van der Waals surface area contributed by atoms with Crippen molar-refractivity contribution in [3.63, 3.8) is 0 Å². The summed E-state index contributed by atoms with van der Waals surface area (Å²) in [7, 11) is 1.72. The van der Waals surface area contributed by atoms with Gasteiger partial charge in [-0.05, 0) is 45.2 Å². The molecule has 1 amide bonds. The molecule has 0 aliphatic heterocycles. The summed E-state index contributed by atoms with van der Waals surface area (Å²) >= 11 is 0. The zero-order valence-corrected chi connectivity index (χ0v) is 16.5. The molecule has 1 saturated carbocycles. The van der Waals surface area contributed by atoms with E-state index in [1.807, 2.05) is 44.3 Å². The number of amides is 1. The number of fused-ring (bicyclic) bond motifs is 1. The van der Waals surface area contributed by atoms with E-state index in [0.29, 0.717) is 5.78 Å².